The van der Waals surface area contributed by atoms with Crippen LogP contribution in [0.4, 0.5) is 0 Å². The largest absolute Gasteiger partial charge is 0.468 e. The summed E-state index contributed by atoms with van der Waals surface area (Å²) in [6.45, 7) is 0.362. The van der Waals surface area contributed by atoms with Crippen LogP contribution in [-0.4, -0.2) is 40.4 Å². The van der Waals surface area contributed by atoms with Crippen molar-refractivity contribution in [2.24, 2.45) is 5.73 Å². The molecule has 1 atom stereocenters. The number of esters is 1. The van der Waals surface area contributed by atoms with E-state index in [4.69, 9.17) is 5.73 Å². The average molecular weight is 160 g/mol. The van der Waals surface area contributed by atoms with E-state index in [-0.39, 0.29) is 0 Å². The Kier molecular flexibility index (Phi) is 5.82. The minimum atomic E-state index is -0.616. The number of nitrogens with one attached hydrogen (secondary N) is 1. The summed E-state index contributed by atoms with van der Waals surface area (Å²) in [7, 11) is 3.24. The van der Waals surface area contributed by atoms with E-state index in [1.165, 1.54) is 7.11 Å². The summed E-state index contributed by atoms with van der Waals surface area (Å²) in [5.41, 5.74) is 5.38. The first kappa shape index (κ1) is 10.4. The van der Waals surface area contributed by atoms with Gasteiger partial charge in [0.25, 0.3) is 0 Å². The van der Waals surface area contributed by atoms with Gasteiger partial charge in [0.2, 0.25) is 0 Å². The molecule has 0 fully saturated rings. The molecule has 0 radical (unpaired) electrons. The lowest BCUT2D eigenvalue weighted by Crippen LogP contribution is -2.42. The normalized spacial score (nSPS) is 12.3. The van der Waals surface area contributed by atoms with Gasteiger partial charge in [0.05, 0.1) is 7.11 Å². The van der Waals surface area contributed by atoms with E-state index in [1.54, 1.807) is 7.11 Å². The van der Waals surface area contributed by atoms with E-state index in [0.717, 1.165) is 0 Å². The highest BCUT2D eigenvalue weighted by Crippen LogP contribution is 1.79. The molecule has 5 nitrogen and oxygen atoms in total. The Morgan fingerprint density at radius 2 is 2.36 bits per heavy atom. The van der Waals surface area contributed by atoms with Crippen LogP contribution in [0, 0.1) is 0 Å². The Bertz CT molecular complexity index is 122. The highest BCUT2D eigenvalue weighted by atomic mass is 16.5. The van der Waals surface area contributed by atoms with Crippen molar-refractivity contribution in [2.45, 2.75) is 6.04 Å². The minimum absolute atomic E-state index is 0.362. The van der Waals surface area contributed by atoms with Crippen LogP contribution in [0.5, 0.6) is 0 Å². The first-order valence-corrected chi connectivity index (χ1v) is 3.25. The van der Waals surface area contributed by atoms with Crippen molar-refractivity contribution in [3.8, 4) is 0 Å². The van der Waals surface area contributed by atoms with Gasteiger partial charge < -0.3 is 20.4 Å². The number of nitrogens with two attached hydrogens (primary N) is 1. The number of hydrogen-bond acceptors (Lipinski definition) is 5. The van der Waals surface area contributed by atoms with Crippen molar-refractivity contribution >= 4 is 13.6 Å². The van der Waals surface area contributed by atoms with Crippen molar-refractivity contribution in [1.82, 2.24) is 5.23 Å². The molecule has 11 heavy (non-hydrogen) atoms. The Morgan fingerprint density at radius 1 is 1.73 bits per heavy atom. The number of hydrogen-bond donors (Lipinski definition) is 2. The van der Waals surface area contributed by atoms with Gasteiger partial charge in [0.15, 0.2) is 0 Å². The van der Waals surface area contributed by atoms with E-state index < -0.39 is 12.0 Å². The SMILES string of the molecule is COBNC[C@H](N)C(=O)OC. The fraction of sp³-hybridized carbons (Fsp3) is 0.800. The molecular formula is C5H13BN2O3. The Labute approximate surface area is 66.5 Å². The van der Waals surface area contributed by atoms with Crippen molar-refractivity contribution in [1.29, 1.82) is 0 Å². The van der Waals surface area contributed by atoms with Gasteiger partial charge in [-0.1, -0.05) is 0 Å². The van der Waals surface area contributed by atoms with Gasteiger partial charge in [-0.2, -0.15) is 0 Å². The van der Waals surface area contributed by atoms with Crippen LogP contribution in [0.1, 0.15) is 0 Å². The van der Waals surface area contributed by atoms with Crippen LogP contribution in [-0.2, 0) is 14.2 Å². The smallest absolute Gasteiger partial charge is 0.360 e. The van der Waals surface area contributed by atoms with Gasteiger partial charge in [0, 0.05) is 13.7 Å². The van der Waals surface area contributed by atoms with Crippen LogP contribution in [0.3, 0.4) is 0 Å². The molecule has 0 bridgehead atoms. The lowest BCUT2D eigenvalue weighted by atomic mass is 10.2. The molecule has 0 aromatic heterocycles. The summed E-state index contributed by atoms with van der Waals surface area (Å²) in [6, 6.07) is -0.616. The number of methoxy groups -OCH3 is 1. The van der Waals surface area contributed by atoms with Crippen molar-refractivity contribution in [3.05, 3.63) is 0 Å². The van der Waals surface area contributed by atoms with Gasteiger partial charge >= 0.3 is 13.6 Å². The van der Waals surface area contributed by atoms with Crippen molar-refractivity contribution in [2.75, 3.05) is 20.8 Å². The first-order chi connectivity index (χ1) is 5.22. The van der Waals surface area contributed by atoms with E-state index in [2.05, 4.69) is 14.6 Å². The molecule has 0 aliphatic heterocycles. The van der Waals surface area contributed by atoms with Crippen molar-refractivity contribution in [3.63, 3.8) is 0 Å². The van der Waals surface area contributed by atoms with Crippen LogP contribution in [0.15, 0.2) is 0 Å². The van der Waals surface area contributed by atoms with Gasteiger partial charge in [-0.05, 0) is 0 Å². The molecule has 0 amide bonds. The third-order valence-corrected chi connectivity index (χ3v) is 1.11. The maximum absolute atomic E-state index is 10.7. The first-order valence-electron chi connectivity index (χ1n) is 3.25. The van der Waals surface area contributed by atoms with Gasteiger partial charge in [-0.25, -0.2) is 0 Å². The molecule has 0 aliphatic rings. The Balaban J connectivity index is 3.36. The van der Waals surface area contributed by atoms with E-state index in [1.807, 2.05) is 0 Å². The molecule has 0 heterocycles. The zero-order chi connectivity index (χ0) is 8.69. The summed E-state index contributed by atoms with van der Waals surface area (Å²) in [5, 5.41) is 2.80. The number of ether oxygens (including phenoxy) is 1. The second-order valence-corrected chi connectivity index (χ2v) is 2.02. The van der Waals surface area contributed by atoms with Crippen molar-refractivity contribution < 1.29 is 14.2 Å². The molecule has 0 aromatic rings. The highest BCUT2D eigenvalue weighted by Gasteiger charge is 2.11. The molecule has 0 saturated carbocycles. The lowest BCUT2D eigenvalue weighted by Gasteiger charge is -2.08. The molecule has 0 unspecified atom stereocenters. The minimum Gasteiger partial charge on any atom is -0.468 e. The topological polar surface area (TPSA) is 73.6 Å². The van der Waals surface area contributed by atoms with Gasteiger partial charge in [-0.15, -0.1) is 0 Å². The quantitative estimate of drug-likeness (QED) is 0.276. The third-order valence-electron chi connectivity index (χ3n) is 1.11. The molecule has 3 N–H and O–H groups in total. The molecule has 64 valence electrons. The molecule has 0 aliphatic carbocycles. The average Bonchev–Trinajstić information content (AvgIpc) is 2.03. The number of rotatable bonds is 5. The summed E-state index contributed by atoms with van der Waals surface area (Å²) >= 11 is 0. The Morgan fingerprint density at radius 3 is 2.82 bits per heavy atom. The Hall–Kier alpha value is -0.585. The van der Waals surface area contributed by atoms with Gasteiger partial charge in [0.1, 0.15) is 6.04 Å². The monoisotopic (exact) mass is 160 g/mol. The number of carbonyl (C=O) groups is 1. The second-order valence-electron chi connectivity index (χ2n) is 2.02. The van der Waals surface area contributed by atoms with Crippen LogP contribution in [0.2, 0.25) is 0 Å². The highest BCUT2D eigenvalue weighted by molar-refractivity contribution is 6.23. The number of carbonyl (C=O) groups excluding carboxylic acids is 1. The lowest BCUT2D eigenvalue weighted by molar-refractivity contribution is -0.141. The maximum atomic E-state index is 10.7. The fourth-order valence-corrected chi connectivity index (χ4v) is 0.551. The summed E-state index contributed by atoms with van der Waals surface area (Å²) in [5.74, 6) is -0.423. The van der Waals surface area contributed by atoms with Gasteiger partial charge in [-0.3, -0.25) is 4.79 Å². The van der Waals surface area contributed by atoms with E-state index in [9.17, 15) is 4.79 Å². The molecule has 0 spiro atoms. The second kappa shape index (κ2) is 6.15. The van der Waals surface area contributed by atoms with E-state index >= 15 is 0 Å². The molecule has 0 aromatic carbocycles. The summed E-state index contributed by atoms with van der Waals surface area (Å²) in [6.07, 6.45) is 0. The standard InChI is InChI=1S/C5H13BN2O3/c1-10-5(9)4(7)3-8-6-11-2/h4,6,8H,3,7H2,1-2H3/t4-/m0/s1. The van der Waals surface area contributed by atoms with Crippen LogP contribution >= 0.6 is 0 Å². The summed E-state index contributed by atoms with van der Waals surface area (Å²) in [4.78, 5) is 10.7. The molecular weight excluding hydrogens is 147 g/mol. The van der Waals surface area contributed by atoms with Crippen LogP contribution < -0.4 is 11.0 Å². The van der Waals surface area contributed by atoms with Crippen LogP contribution in [0.25, 0.3) is 0 Å². The zero-order valence-corrected chi connectivity index (χ0v) is 6.79. The fourth-order valence-electron chi connectivity index (χ4n) is 0.551. The van der Waals surface area contributed by atoms with E-state index in [0.29, 0.717) is 14.2 Å². The predicted molar refractivity (Wildman–Crippen MR) is 42.2 cm³/mol. The third kappa shape index (κ3) is 4.77. The predicted octanol–water partition coefficient (Wildman–Crippen LogP) is -2.01. The molecule has 0 saturated heterocycles. The molecule has 6 heteroatoms. The zero-order valence-electron chi connectivity index (χ0n) is 6.79. The molecule has 0 rings (SSSR count). The maximum Gasteiger partial charge on any atom is 0.360 e. The summed E-state index contributed by atoms with van der Waals surface area (Å²) < 4.78 is 9.08.